The van der Waals surface area contributed by atoms with Crippen molar-refractivity contribution in [2.24, 2.45) is 11.8 Å². The van der Waals surface area contributed by atoms with E-state index in [0.717, 1.165) is 72.3 Å². The summed E-state index contributed by atoms with van der Waals surface area (Å²) in [7, 11) is 0. The Bertz CT molecular complexity index is 755. The first kappa shape index (κ1) is 17.6. The molecule has 0 radical (unpaired) electrons. The van der Waals surface area contributed by atoms with Gasteiger partial charge in [-0.05, 0) is 88.9 Å². The van der Waals surface area contributed by atoms with E-state index in [1.807, 2.05) is 0 Å². The highest BCUT2D eigenvalue weighted by atomic mass is 16.5. The van der Waals surface area contributed by atoms with Crippen LogP contribution in [0.25, 0.3) is 11.0 Å². The maximum atomic E-state index is 6.10. The van der Waals surface area contributed by atoms with E-state index in [1.54, 1.807) is 0 Å². The molecule has 1 saturated carbocycles. The molecule has 0 bridgehead atoms. The molecule has 4 nitrogen and oxygen atoms in total. The summed E-state index contributed by atoms with van der Waals surface area (Å²) >= 11 is 0. The summed E-state index contributed by atoms with van der Waals surface area (Å²) in [5.74, 6) is 2.52. The number of rotatable bonds is 8. The second-order valence-corrected chi connectivity index (χ2v) is 7.81. The third-order valence-electron chi connectivity index (χ3n) is 5.75. The average Bonchev–Trinajstić information content (AvgIpc) is 3.42. The van der Waals surface area contributed by atoms with Gasteiger partial charge >= 0.3 is 0 Å². The van der Waals surface area contributed by atoms with Gasteiger partial charge in [0.05, 0.1) is 12.3 Å². The van der Waals surface area contributed by atoms with Crippen molar-refractivity contribution in [3.8, 4) is 5.75 Å². The standard InChI is InChI=1S/C22H30N2O2/c1-2-3-4-19-21(25-15-17-5-6-17)10-8-18-20(24-26-22(18)19)9-7-16-11-13-23-14-12-16/h2-3,8,10,16-17,23H,4-7,9,11-15H2,1H3/b3-2-. The molecular weight excluding hydrogens is 324 g/mol. The number of ether oxygens (including phenoxy) is 1. The lowest BCUT2D eigenvalue weighted by Crippen LogP contribution is -2.27. The van der Waals surface area contributed by atoms with Crippen LogP contribution >= 0.6 is 0 Å². The van der Waals surface area contributed by atoms with E-state index >= 15 is 0 Å². The monoisotopic (exact) mass is 354 g/mol. The molecule has 2 fully saturated rings. The molecule has 1 aliphatic carbocycles. The molecule has 1 aromatic heterocycles. The fourth-order valence-corrected chi connectivity index (χ4v) is 3.84. The molecule has 0 spiro atoms. The predicted molar refractivity (Wildman–Crippen MR) is 105 cm³/mol. The minimum absolute atomic E-state index is 0.746. The highest BCUT2D eigenvalue weighted by molar-refractivity contribution is 5.84. The van der Waals surface area contributed by atoms with Gasteiger partial charge in [0.15, 0.2) is 5.58 Å². The highest BCUT2D eigenvalue weighted by Gasteiger charge is 2.23. The molecule has 0 unspecified atom stereocenters. The molecule has 26 heavy (non-hydrogen) atoms. The average molecular weight is 354 g/mol. The maximum Gasteiger partial charge on any atom is 0.174 e. The minimum atomic E-state index is 0.746. The molecule has 2 aliphatic rings. The van der Waals surface area contributed by atoms with Crippen molar-refractivity contribution in [1.82, 2.24) is 10.5 Å². The number of aryl methyl sites for hydroxylation is 1. The van der Waals surface area contributed by atoms with Gasteiger partial charge in [0.1, 0.15) is 5.75 Å². The molecule has 1 N–H and O–H groups in total. The third kappa shape index (κ3) is 4.12. The number of nitrogens with zero attached hydrogens (tertiary/aromatic N) is 1. The van der Waals surface area contributed by atoms with Crippen molar-refractivity contribution in [3.63, 3.8) is 0 Å². The zero-order valence-electron chi connectivity index (χ0n) is 15.8. The first-order chi connectivity index (χ1) is 12.8. The molecule has 4 rings (SSSR count). The summed E-state index contributed by atoms with van der Waals surface area (Å²) in [5.41, 5.74) is 3.16. The molecule has 2 heterocycles. The molecule has 4 heteroatoms. The molecule has 1 saturated heterocycles. The fraction of sp³-hybridized carbons (Fsp3) is 0.591. The lowest BCUT2D eigenvalue weighted by Gasteiger charge is -2.21. The number of allylic oxidation sites excluding steroid dienone is 2. The van der Waals surface area contributed by atoms with Gasteiger partial charge in [-0.2, -0.15) is 0 Å². The van der Waals surface area contributed by atoms with E-state index in [1.165, 1.54) is 32.1 Å². The van der Waals surface area contributed by atoms with Crippen LogP contribution < -0.4 is 10.1 Å². The van der Waals surface area contributed by atoms with Crippen molar-refractivity contribution in [1.29, 1.82) is 0 Å². The van der Waals surface area contributed by atoms with Crippen LogP contribution in [-0.4, -0.2) is 24.9 Å². The van der Waals surface area contributed by atoms with Gasteiger partial charge in [-0.25, -0.2) is 0 Å². The smallest absolute Gasteiger partial charge is 0.174 e. The molecule has 140 valence electrons. The zero-order valence-corrected chi connectivity index (χ0v) is 15.8. The van der Waals surface area contributed by atoms with Crippen LogP contribution in [0.1, 0.15) is 50.3 Å². The number of fused-ring (bicyclic) bond motifs is 1. The Balaban J connectivity index is 1.53. The van der Waals surface area contributed by atoms with Crippen LogP contribution in [0.2, 0.25) is 0 Å². The lowest BCUT2D eigenvalue weighted by atomic mass is 9.92. The number of aromatic nitrogens is 1. The third-order valence-corrected chi connectivity index (χ3v) is 5.75. The first-order valence-electron chi connectivity index (χ1n) is 10.2. The van der Waals surface area contributed by atoms with E-state index < -0.39 is 0 Å². The number of piperidine rings is 1. The molecule has 1 aliphatic heterocycles. The van der Waals surface area contributed by atoms with Crippen molar-refractivity contribution >= 4 is 11.0 Å². The zero-order chi connectivity index (χ0) is 17.8. The SMILES string of the molecule is C/C=C\Cc1c(OCC2CC2)ccc2c(CCC3CCNCC3)noc12. The fourth-order valence-electron chi connectivity index (χ4n) is 3.84. The van der Waals surface area contributed by atoms with Crippen molar-refractivity contribution in [2.45, 2.75) is 51.9 Å². The van der Waals surface area contributed by atoms with Crippen molar-refractivity contribution in [2.75, 3.05) is 19.7 Å². The summed E-state index contributed by atoms with van der Waals surface area (Å²) in [6.07, 6.45) is 12.4. The van der Waals surface area contributed by atoms with Crippen molar-refractivity contribution in [3.05, 3.63) is 35.5 Å². The summed E-state index contributed by atoms with van der Waals surface area (Å²) in [5, 5.41) is 9.03. The highest BCUT2D eigenvalue weighted by Crippen LogP contribution is 2.34. The number of hydrogen-bond donors (Lipinski definition) is 1. The Morgan fingerprint density at radius 3 is 2.81 bits per heavy atom. The lowest BCUT2D eigenvalue weighted by molar-refractivity contribution is 0.297. The Morgan fingerprint density at radius 2 is 2.04 bits per heavy atom. The van der Waals surface area contributed by atoms with Gasteiger partial charge in [-0.3, -0.25) is 0 Å². The topological polar surface area (TPSA) is 47.3 Å². The van der Waals surface area contributed by atoms with Crippen molar-refractivity contribution < 1.29 is 9.26 Å². The first-order valence-corrected chi connectivity index (χ1v) is 10.2. The van der Waals surface area contributed by atoms with E-state index in [4.69, 9.17) is 9.26 Å². The Kier molecular flexibility index (Phi) is 5.59. The van der Waals surface area contributed by atoms with Crippen LogP contribution in [0.15, 0.2) is 28.8 Å². The number of hydrogen-bond acceptors (Lipinski definition) is 4. The van der Waals surface area contributed by atoms with Gasteiger partial charge in [-0.15, -0.1) is 0 Å². The van der Waals surface area contributed by atoms with Crippen LogP contribution in [0.4, 0.5) is 0 Å². The minimum Gasteiger partial charge on any atom is -0.493 e. The second kappa shape index (κ2) is 8.26. The molecular formula is C22H30N2O2. The molecule has 0 amide bonds. The van der Waals surface area contributed by atoms with Crippen LogP contribution in [0.5, 0.6) is 5.75 Å². The van der Waals surface area contributed by atoms with E-state index in [0.29, 0.717) is 0 Å². The summed E-state index contributed by atoms with van der Waals surface area (Å²) < 4.78 is 11.9. The number of nitrogens with one attached hydrogen (secondary N) is 1. The van der Waals surface area contributed by atoms with E-state index in [-0.39, 0.29) is 0 Å². The van der Waals surface area contributed by atoms with Crippen LogP contribution in [0, 0.1) is 11.8 Å². The Labute approximate surface area is 156 Å². The molecule has 0 atom stereocenters. The Hall–Kier alpha value is -1.81. The second-order valence-electron chi connectivity index (χ2n) is 7.81. The summed E-state index contributed by atoms with van der Waals surface area (Å²) in [4.78, 5) is 0. The van der Waals surface area contributed by atoms with Gasteiger partial charge in [-0.1, -0.05) is 17.3 Å². The predicted octanol–water partition coefficient (Wildman–Crippen LogP) is 4.67. The summed E-state index contributed by atoms with van der Waals surface area (Å²) in [6.45, 7) is 5.18. The quantitative estimate of drug-likeness (QED) is 0.700. The normalized spacial score (nSPS) is 18.8. The summed E-state index contributed by atoms with van der Waals surface area (Å²) in [6, 6.07) is 4.26. The number of benzene rings is 1. The molecule has 1 aromatic carbocycles. The van der Waals surface area contributed by atoms with Gasteiger partial charge in [0.25, 0.3) is 0 Å². The Morgan fingerprint density at radius 1 is 1.19 bits per heavy atom. The van der Waals surface area contributed by atoms with Gasteiger partial charge < -0.3 is 14.6 Å². The molecule has 2 aromatic rings. The van der Waals surface area contributed by atoms with Crippen LogP contribution in [-0.2, 0) is 12.8 Å². The largest absolute Gasteiger partial charge is 0.493 e. The maximum absolute atomic E-state index is 6.10. The van der Waals surface area contributed by atoms with Gasteiger partial charge in [0.2, 0.25) is 0 Å². The van der Waals surface area contributed by atoms with Gasteiger partial charge in [0, 0.05) is 10.9 Å². The van der Waals surface area contributed by atoms with Crippen LogP contribution in [0.3, 0.4) is 0 Å². The van der Waals surface area contributed by atoms with E-state index in [2.05, 4.69) is 41.7 Å². The van der Waals surface area contributed by atoms with E-state index in [9.17, 15) is 0 Å².